The molecule has 2 bridgehead atoms. The highest BCUT2D eigenvalue weighted by atomic mass is 16.6. The van der Waals surface area contributed by atoms with Crippen LogP contribution in [0.25, 0.3) is 0 Å². The number of aryl methyl sites for hydroxylation is 1. The second-order valence-electron chi connectivity index (χ2n) is 9.98. The van der Waals surface area contributed by atoms with Gasteiger partial charge in [-0.1, -0.05) is 12.1 Å². The molecule has 4 aliphatic rings. The fourth-order valence-corrected chi connectivity index (χ4v) is 6.46. The predicted molar refractivity (Wildman–Crippen MR) is 118 cm³/mol. The SMILES string of the molecule is CC(=O)OC(C(=O)O)[C@@H](C)C(=O)OC1=CC[C@@]2(O)[C@H]3Cc4ccc(C)c5c4[C@@]2(CCN3C)[C@H]1O5. The number of carbonyl (C=O) groups excluding carboxylic acids is 2. The highest BCUT2D eigenvalue weighted by molar-refractivity contribution is 5.85. The topological polar surface area (TPSA) is 123 Å². The van der Waals surface area contributed by atoms with Crippen LogP contribution < -0.4 is 4.74 Å². The molecule has 182 valence electrons. The fourth-order valence-electron chi connectivity index (χ4n) is 6.46. The third kappa shape index (κ3) is 2.89. The van der Waals surface area contributed by atoms with Crippen molar-refractivity contribution in [3.63, 3.8) is 0 Å². The number of carbonyl (C=O) groups is 3. The monoisotopic (exact) mass is 471 g/mol. The number of aliphatic carboxylic acids is 1. The molecular formula is C25H29NO8. The number of carboxylic acid groups (broad SMARTS) is 1. The molecular weight excluding hydrogens is 442 g/mol. The van der Waals surface area contributed by atoms with E-state index < -0.39 is 47.0 Å². The van der Waals surface area contributed by atoms with Crippen LogP contribution in [-0.2, 0) is 35.7 Å². The Bertz CT molecular complexity index is 1130. The van der Waals surface area contributed by atoms with E-state index >= 15 is 0 Å². The molecule has 1 unspecified atom stereocenters. The van der Waals surface area contributed by atoms with Crippen LogP contribution in [0.3, 0.4) is 0 Å². The molecule has 1 fully saturated rings. The maximum Gasteiger partial charge on any atom is 0.345 e. The minimum absolute atomic E-state index is 0.110. The molecule has 0 saturated carbocycles. The van der Waals surface area contributed by atoms with Crippen molar-refractivity contribution in [2.45, 2.75) is 69.3 Å². The number of likely N-dealkylation sites (N-methyl/N-ethyl adjacent to an activating group) is 1. The Balaban J connectivity index is 1.53. The molecule has 9 nitrogen and oxygen atoms in total. The van der Waals surface area contributed by atoms with Gasteiger partial charge in [-0.05, 0) is 57.5 Å². The smallest absolute Gasteiger partial charge is 0.345 e. The van der Waals surface area contributed by atoms with Crippen molar-refractivity contribution >= 4 is 17.9 Å². The number of likely N-dealkylation sites (tertiary alicyclic amines) is 1. The van der Waals surface area contributed by atoms with Gasteiger partial charge in [-0.3, -0.25) is 9.59 Å². The van der Waals surface area contributed by atoms with Crippen LogP contribution in [0.4, 0.5) is 0 Å². The summed E-state index contributed by atoms with van der Waals surface area (Å²) in [5, 5.41) is 21.6. The Hall–Kier alpha value is -2.91. The zero-order chi connectivity index (χ0) is 24.6. The van der Waals surface area contributed by atoms with Gasteiger partial charge < -0.3 is 29.3 Å². The van der Waals surface area contributed by atoms with Crippen LogP contribution in [0.15, 0.2) is 24.0 Å². The van der Waals surface area contributed by atoms with Gasteiger partial charge in [0.25, 0.3) is 0 Å². The van der Waals surface area contributed by atoms with Crippen LogP contribution in [0.5, 0.6) is 5.75 Å². The third-order valence-electron chi connectivity index (χ3n) is 8.15. The first-order valence-corrected chi connectivity index (χ1v) is 11.5. The normalized spacial score (nSPS) is 32.6. The molecule has 1 aromatic rings. The first kappa shape index (κ1) is 22.9. The molecule has 0 amide bonds. The quantitative estimate of drug-likeness (QED) is 0.615. The van der Waals surface area contributed by atoms with Crippen molar-refractivity contribution < 1.29 is 38.8 Å². The fraction of sp³-hybridized carbons (Fsp3) is 0.560. The lowest BCUT2D eigenvalue weighted by molar-refractivity contribution is -0.177. The van der Waals surface area contributed by atoms with Crippen LogP contribution in [0.2, 0.25) is 0 Å². The minimum Gasteiger partial charge on any atom is -0.481 e. The van der Waals surface area contributed by atoms with Gasteiger partial charge in [-0.2, -0.15) is 0 Å². The lowest BCUT2D eigenvalue weighted by Crippen LogP contribution is -2.74. The molecule has 0 aromatic heterocycles. The standard InChI is InChI=1S/C25H29NO8/c1-12-5-6-15-11-17-25(31)8-7-16(33-23(30)13(2)20(22(28)29)32-14(3)27)21-24(25,9-10-26(17)4)18(15)19(12)34-21/h5-7,13,17,20-21,31H,8-11H2,1-4H3,(H,28,29)/t13-,17-,20?,21+,24+,25-/m1/s1. The van der Waals surface area contributed by atoms with Gasteiger partial charge >= 0.3 is 17.9 Å². The number of rotatable bonds is 5. The van der Waals surface area contributed by atoms with Gasteiger partial charge in [0, 0.05) is 24.9 Å². The molecule has 6 atom stereocenters. The van der Waals surface area contributed by atoms with E-state index in [1.807, 2.05) is 20.0 Å². The van der Waals surface area contributed by atoms with Crippen LogP contribution in [0, 0.1) is 12.8 Å². The third-order valence-corrected chi connectivity index (χ3v) is 8.15. The molecule has 34 heavy (non-hydrogen) atoms. The summed E-state index contributed by atoms with van der Waals surface area (Å²) in [6.07, 6.45) is 0.912. The molecule has 5 rings (SSSR count). The van der Waals surface area contributed by atoms with E-state index in [1.165, 1.54) is 6.92 Å². The zero-order valence-corrected chi connectivity index (χ0v) is 19.7. The number of nitrogens with zero attached hydrogens (tertiary/aromatic N) is 1. The van der Waals surface area contributed by atoms with Crippen molar-refractivity contribution in [2.24, 2.45) is 5.92 Å². The van der Waals surface area contributed by atoms with Crippen LogP contribution in [0.1, 0.15) is 43.4 Å². The highest BCUT2D eigenvalue weighted by Crippen LogP contribution is 2.64. The average Bonchev–Trinajstić information content (AvgIpc) is 3.13. The lowest BCUT2D eigenvalue weighted by Gasteiger charge is -2.61. The summed E-state index contributed by atoms with van der Waals surface area (Å²) in [5.41, 5.74) is 1.21. The Labute approximate surface area is 197 Å². The lowest BCUT2D eigenvalue weighted by atomic mass is 9.50. The Morgan fingerprint density at radius 2 is 2.03 bits per heavy atom. The van der Waals surface area contributed by atoms with E-state index in [-0.39, 0.29) is 18.2 Å². The summed E-state index contributed by atoms with van der Waals surface area (Å²) in [6, 6.07) is 3.99. The molecule has 9 heteroatoms. The summed E-state index contributed by atoms with van der Waals surface area (Å²) in [4.78, 5) is 38.1. The summed E-state index contributed by atoms with van der Waals surface area (Å²) in [5.74, 6) is -3.31. The first-order chi connectivity index (χ1) is 16.0. The first-order valence-electron chi connectivity index (χ1n) is 11.5. The van der Waals surface area contributed by atoms with Crippen molar-refractivity contribution in [2.75, 3.05) is 13.6 Å². The van der Waals surface area contributed by atoms with Crippen LogP contribution in [-0.4, -0.2) is 70.5 Å². The zero-order valence-electron chi connectivity index (χ0n) is 19.7. The van der Waals surface area contributed by atoms with E-state index in [9.17, 15) is 24.6 Å². The molecule has 1 spiro atoms. The molecule has 1 aromatic carbocycles. The number of hydrogen-bond donors (Lipinski definition) is 2. The Kier molecular flexibility index (Phi) is 5.07. The highest BCUT2D eigenvalue weighted by Gasteiger charge is 2.71. The van der Waals surface area contributed by atoms with Crippen molar-refractivity contribution in [3.05, 3.63) is 40.7 Å². The van der Waals surface area contributed by atoms with Gasteiger partial charge in [-0.25, -0.2) is 4.79 Å². The molecule has 0 radical (unpaired) electrons. The van der Waals surface area contributed by atoms with Gasteiger partial charge in [0.05, 0.1) is 11.0 Å². The largest absolute Gasteiger partial charge is 0.481 e. The number of esters is 2. The average molecular weight is 472 g/mol. The van der Waals surface area contributed by atoms with Gasteiger partial charge in [0.1, 0.15) is 17.4 Å². The molecule has 2 heterocycles. The van der Waals surface area contributed by atoms with E-state index in [0.717, 1.165) is 35.9 Å². The summed E-state index contributed by atoms with van der Waals surface area (Å²) in [7, 11) is 2.02. The van der Waals surface area contributed by atoms with E-state index in [1.54, 1.807) is 6.08 Å². The second-order valence-corrected chi connectivity index (χ2v) is 9.98. The number of aliphatic hydroxyl groups is 1. The number of hydrogen-bond acceptors (Lipinski definition) is 8. The predicted octanol–water partition coefficient (Wildman–Crippen LogP) is 1.47. The summed E-state index contributed by atoms with van der Waals surface area (Å²) < 4.78 is 17.0. The Morgan fingerprint density at radius 3 is 2.71 bits per heavy atom. The number of benzene rings is 1. The molecule has 2 N–H and O–H groups in total. The number of ether oxygens (including phenoxy) is 3. The second kappa shape index (κ2) is 7.55. The van der Waals surface area contributed by atoms with Gasteiger partial charge in [0.2, 0.25) is 6.10 Å². The van der Waals surface area contributed by atoms with Crippen molar-refractivity contribution in [1.82, 2.24) is 4.90 Å². The number of piperidine rings is 1. The van der Waals surface area contributed by atoms with Crippen molar-refractivity contribution in [3.8, 4) is 5.75 Å². The number of carboxylic acids is 1. The van der Waals surface area contributed by atoms with Crippen LogP contribution >= 0.6 is 0 Å². The van der Waals surface area contributed by atoms with Gasteiger partial charge in [0.15, 0.2) is 6.10 Å². The maximum absolute atomic E-state index is 13.0. The van der Waals surface area contributed by atoms with E-state index in [0.29, 0.717) is 12.8 Å². The molecule has 2 aliphatic carbocycles. The van der Waals surface area contributed by atoms with Gasteiger partial charge in [-0.15, -0.1) is 0 Å². The van der Waals surface area contributed by atoms with Crippen molar-refractivity contribution in [1.29, 1.82) is 0 Å². The maximum atomic E-state index is 13.0. The summed E-state index contributed by atoms with van der Waals surface area (Å²) >= 11 is 0. The summed E-state index contributed by atoms with van der Waals surface area (Å²) in [6.45, 7) is 5.14. The molecule has 2 aliphatic heterocycles. The van der Waals surface area contributed by atoms with E-state index in [2.05, 4.69) is 11.0 Å². The minimum atomic E-state index is -1.66. The Morgan fingerprint density at radius 1 is 1.29 bits per heavy atom. The molecule has 1 saturated heterocycles. The van der Waals surface area contributed by atoms with E-state index in [4.69, 9.17) is 14.2 Å².